The fourth-order valence-electron chi connectivity index (χ4n) is 4.37. The lowest BCUT2D eigenvalue weighted by atomic mass is 9.95. The molecule has 188 valence electrons. The van der Waals surface area contributed by atoms with Crippen molar-refractivity contribution < 1.29 is 9.21 Å². The summed E-state index contributed by atoms with van der Waals surface area (Å²) in [6.45, 7) is 1.82. The van der Waals surface area contributed by atoms with E-state index in [1.807, 2.05) is 73.7 Å². The Bertz CT molecular complexity index is 1670. The van der Waals surface area contributed by atoms with Crippen molar-refractivity contribution in [1.29, 1.82) is 0 Å². The summed E-state index contributed by atoms with van der Waals surface area (Å²) in [7, 11) is 0. The standard InChI is InChI=1S/C28H22ClN7O2/c1-16-24(26(37)33-19-8-6-7-17(13-19)18-14-30-31-15-18)25(20-9-2-3-10-21(20)29)35-27(32-16)36-28-34-22-11-4-5-12-23(22)38-28/h2-15,25H,1H3,(H,30,31)(H,33,37)(H2,32,34,35,36). The molecule has 0 saturated heterocycles. The number of fused-ring (bicyclic) bond motifs is 1. The number of halogens is 1. The van der Waals surface area contributed by atoms with Crippen LogP contribution in [0.3, 0.4) is 0 Å². The van der Waals surface area contributed by atoms with E-state index in [1.165, 1.54) is 0 Å². The van der Waals surface area contributed by atoms with E-state index in [2.05, 4.69) is 31.1 Å². The third kappa shape index (κ3) is 4.62. The van der Waals surface area contributed by atoms with Crippen LogP contribution >= 0.6 is 11.6 Å². The van der Waals surface area contributed by atoms with Crippen LogP contribution in [0.2, 0.25) is 5.02 Å². The van der Waals surface area contributed by atoms with E-state index in [0.717, 1.165) is 16.6 Å². The number of oxazole rings is 1. The van der Waals surface area contributed by atoms with Crippen molar-refractivity contribution in [2.75, 3.05) is 10.6 Å². The Hall–Kier alpha value is -4.89. The number of allylic oxidation sites excluding steroid dienone is 1. The molecule has 0 aliphatic carbocycles. The smallest absolute Gasteiger partial charge is 0.302 e. The second-order valence-corrected chi connectivity index (χ2v) is 9.11. The van der Waals surface area contributed by atoms with Crippen LogP contribution in [0.5, 0.6) is 0 Å². The zero-order valence-corrected chi connectivity index (χ0v) is 21.0. The van der Waals surface area contributed by atoms with E-state index in [-0.39, 0.29) is 11.9 Å². The first-order valence-electron chi connectivity index (χ1n) is 11.9. The number of rotatable bonds is 5. The quantitative estimate of drug-likeness (QED) is 0.228. The predicted octanol–water partition coefficient (Wildman–Crippen LogP) is 5.90. The molecule has 0 radical (unpaired) electrons. The molecule has 0 bridgehead atoms. The van der Waals surface area contributed by atoms with Crippen LogP contribution in [0, 0.1) is 0 Å². The lowest BCUT2D eigenvalue weighted by Crippen LogP contribution is -2.37. The Morgan fingerprint density at radius 3 is 2.68 bits per heavy atom. The molecule has 3 aromatic carbocycles. The molecule has 4 N–H and O–H groups in total. The van der Waals surface area contributed by atoms with Gasteiger partial charge in [-0.1, -0.05) is 54.1 Å². The number of aromatic nitrogens is 3. The number of nitrogens with zero attached hydrogens (tertiary/aromatic N) is 3. The number of nitrogens with one attached hydrogen (secondary N) is 4. The molecule has 1 atom stereocenters. The monoisotopic (exact) mass is 523 g/mol. The van der Waals surface area contributed by atoms with Gasteiger partial charge in [-0.3, -0.25) is 15.2 Å². The Balaban J connectivity index is 1.32. The zero-order valence-electron chi connectivity index (χ0n) is 20.2. The summed E-state index contributed by atoms with van der Waals surface area (Å²) in [5.41, 5.74) is 5.62. The van der Waals surface area contributed by atoms with Crippen LogP contribution in [-0.2, 0) is 4.79 Å². The molecule has 9 nitrogen and oxygen atoms in total. The van der Waals surface area contributed by atoms with Gasteiger partial charge in [-0.25, -0.2) is 4.99 Å². The van der Waals surface area contributed by atoms with Crippen LogP contribution in [0.15, 0.2) is 106 Å². The van der Waals surface area contributed by atoms with Crippen molar-refractivity contribution >= 4 is 46.3 Å². The van der Waals surface area contributed by atoms with Gasteiger partial charge in [0, 0.05) is 33.7 Å². The molecule has 0 saturated carbocycles. The summed E-state index contributed by atoms with van der Waals surface area (Å²) < 4.78 is 5.79. The van der Waals surface area contributed by atoms with Gasteiger partial charge in [0.2, 0.25) is 5.96 Å². The second-order valence-electron chi connectivity index (χ2n) is 8.70. The number of amides is 1. The van der Waals surface area contributed by atoms with Crippen LogP contribution in [0.25, 0.3) is 22.2 Å². The van der Waals surface area contributed by atoms with E-state index in [9.17, 15) is 4.79 Å². The third-order valence-electron chi connectivity index (χ3n) is 6.16. The first kappa shape index (κ1) is 23.5. The third-order valence-corrected chi connectivity index (χ3v) is 6.50. The molecule has 3 heterocycles. The average Bonchev–Trinajstić information content (AvgIpc) is 3.59. The van der Waals surface area contributed by atoms with Crippen LogP contribution in [0.4, 0.5) is 11.7 Å². The van der Waals surface area contributed by atoms with Crippen molar-refractivity contribution in [2.45, 2.75) is 13.0 Å². The van der Waals surface area contributed by atoms with Crippen LogP contribution < -0.4 is 16.0 Å². The lowest BCUT2D eigenvalue weighted by Gasteiger charge is -2.27. The largest absolute Gasteiger partial charge is 0.423 e. The van der Waals surface area contributed by atoms with Crippen LogP contribution in [0.1, 0.15) is 18.5 Å². The van der Waals surface area contributed by atoms with E-state index >= 15 is 0 Å². The maximum absolute atomic E-state index is 13.7. The summed E-state index contributed by atoms with van der Waals surface area (Å²) in [5.74, 6) is 0.0893. The molecule has 38 heavy (non-hydrogen) atoms. The number of guanidine groups is 1. The lowest BCUT2D eigenvalue weighted by molar-refractivity contribution is -0.113. The molecule has 10 heteroatoms. The minimum Gasteiger partial charge on any atom is -0.423 e. The zero-order chi connectivity index (χ0) is 26.1. The number of para-hydroxylation sites is 2. The summed E-state index contributed by atoms with van der Waals surface area (Å²) in [6.07, 6.45) is 3.53. The van der Waals surface area contributed by atoms with Crippen molar-refractivity contribution in [2.24, 2.45) is 4.99 Å². The van der Waals surface area contributed by atoms with Gasteiger partial charge in [0.25, 0.3) is 5.91 Å². The van der Waals surface area contributed by atoms with E-state index < -0.39 is 6.04 Å². The Morgan fingerprint density at radius 1 is 1.03 bits per heavy atom. The number of aliphatic imine (C=N–C) groups is 1. The first-order valence-corrected chi connectivity index (χ1v) is 12.3. The summed E-state index contributed by atoms with van der Waals surface area (Å²) in [6, 6.07) is 22.0. The highest BCUT2D eigenvalue weighted by Gasteiger charge is 2.31. The highest BCUT2D eigenvalue weighted by Crippen LogP contribution is 2.35. The van der Waals surface area contributed by atoms with Gasteiger partial charge in [0.05, 0.1) is 11.8 Å². The number of benzene rings is 3. The van der Waals surface area contributed by atoms with Gasteiger partial charge in [-0.15, -0.1) is 0 Å². The fraction of sp³-hybridized carbons (Fsp3) is 0.0714. The van der Waals surface area contributed by atoms with E-state index in [1.54, 1.807) is 18.5 Å². The maximum atomic E-state index is 13.7. The Kier molecular flexibility index (Phi) is 6.11. The van der Waals surface area contributed by atoms with E-state index in [4.69, 9.17) is 21.0 Å². The van der Waals surface area contributed by atoms with Crippen molar-refractivity contribution in [1.82, 2.24) is 20.5 Å². The molecular formula is C28H22ClN7O2. The molecule has 5 aromatic rings. The first-order chi connectivity index (χ1) is 18.5. The van der Waals surface area contributed by atoms with Gasteiger partial charge >= 0.3 is 6.01 Å². The fourth-order valence-corrected chi connectivity index (χ4v) is 4.61. The SMILES string of the molecule is CC1=C(C(=O)Nc2cccc(-c3cn[nH]c3)c2)C(c2ccccc2Cl)N=C(Nc2nc3ccccc3o2)N1. The van der Waals surface area contributed by atoms with Gasteiger partial charge in [-0.2, -0.15) is 10.1 Å². The summed E-state index contributed by atoms with van der Waals surface area (Å²) in [4.78, 5) is 22.9. The number of carbonyl (C=O) groups excluding carboxylic acids is 1. The number of hydrogen-bond donors (Lipinski definition) is 4. The number of carbonyl (C=O) groups is 1. The van der Waals surface area contributed by atoms with Gasteiger partial charge < -0.3 is 15.1 Å². The molecule has 0 fully saturated rings. The van der Waals surface area contributed by atoms with Crippen molar-refractivity contribution in [3.63, 3.8) is 0 Å². The number of anilines is 2. The normalized spacial score (nSPS) is 15.2. The summed E-state index contributed by atoms with van der Waals surface area (Å²) in [5, 5.41) is 16.6. The van der Waals surface area contributed by atoms with Crippen molar-refractivity contribution in [3.05, 3.63) is 107 Å². The summed E-state index contributed by atoms with van der Waals surface area (Å²) >= 11 is 6.57. The number of aromatic amines is 1. The number of hydrogen-bond acceptors (Lipinski definition) is 7. The minimum absolute atomic E-state index is 0.284. The molecular weight excluding hydrogens is 502 g/mol. The molecule has 6 rings (SSSR count). The maximum Gasteiger partial charge on any atom is 0.302 e. The predicted molar refractivity (Wildman–Crippen MR) is 148 cm³/mol. The Labute approximate surface area is 222 Å². The highest BCUT2D eigenvalue weighted by atomic mass is 35.5. The van der Waals surface area contributed by atoms with E-state index in [0.29, 0.717) is 39.1 Å². The number of H-pyrrole nitrogens is 1. The topological polar surface area (TPSA) is 120 Å². The molecule has 1 aliphatic heterocycles. The molecule has 1 aliphatic rings. The minimum atomic E-state index is -0.672. The van der Waals surface area contributed by atoms with Crippen LogP contribution in [-0.4, -0.2) is 27.0 Å². The molecule has 0 spiro atoms. The second kappa shape index (κ2) is 9.87. The van der Waals surface area contributed by atoms with Gasteiger partial charge in [0.1, 0.15) is 11.6 Å². The highest BCUT2D eigenvalue weighted by molar-refractivity contribution is 6.31. The van der Waals surface area contributed by atoms with Crippen molar-refractivity contribution in [3.8, 4) is 11.1 Å². The molecule has 1 unspecified atom stereocenters. The van der Waals surface area contributed by atoms with Gasteiger partial charge in [-0.05, 0) is 42.8 Å². The Morgan fingerprint density at radius 2 is 1.87 bits per heavy atom. The molecule has 2 aromatic heterocycles. The average molecular weight is 524 g/mol. The van der Waals surface area contributed by atoms with Gasteiger partial charge in [0.15, 0.2) is 5.58 Å². The molecule has 1 amide bonds.